The molecule has 0 fully saturated rings. The average Bonchev–Trinajstić information content (AvgIpc) is 2.92. The first-order chi connectivity index (χ1) is 13.9. The Kier molecular flexibility index (Phi) is 5.38. The van der Waals surface area contributed by atoms with Crippen LogP contribution in [-0.2, 0) is 6.54 Å². The highest BCUT2D eigenvalue weighted by Gasteiger charge is 2.17. The lowest BCUT2D eigenvalue weighted by atomic mass is 10.2. The molecule has 0 bridgehead atoms. The minimum absolute atomic E-state index is 0.0427. The van der Waals surface area contributed by atoms with Gasteiger partial charge in [-0.2, -0.15) is 0 Å². The highest BCUT2D eigenvalue weighted by Crippen LogP contribution is 2.36. The van der Waals surface area contributed by atoms with Crippen molar-refractivity contribution in [3.63, 3.8) is 0 Å². The normalized spacial score (nSPS) is 12.0. The Morgan fingerprint density at radius 3 is 2.14 bits per heavy atom. The second-order valence-electron chi connectivity index (χ2n) is 7.83. The molecule has 0 atom stereocenters. The molecule has 152 valence electrons. The maximum absolute atomic E-state index is 6.01. The Bertz CT molecular complexity index is 1200. The van der Waals surface area contributed by atoms with Gasteiger partial charge >= 0.3 is 0 Å². The minimum atomic E-state index is 0.0427. The summed E-state index contributed by atoms with van der Waals surface area (Å²) in [7, 11) is 0. The van der Waals surface area contributed by atoms with Gasteiger partial charge in [-0.25, -0.2) is 9.97 Å². The summed E-state index contributed by atoms with van der Waals surface area (Å²) >= 11 is 3.59. The number of fused-ring (bicyclic) bond motifs is 4. The van der Waals surface area contributed by atoms with Crippen molar-refractivity contribution in [3.8, 4) is 11.5 Å². The van der Waals surface area contributed by atoms with Gasteiger partial charge in [0.2, 0.25) is 0 Å². The van der Waals surface area contributed by atoms with E-state index in [0.717, 1.165) is 50.5 Å². The highest BCUT2D eigenvalue weighted by molar-refractivity contribution is 9.10. The van der Waals surface area contributed by atoms with E-state index in [0.29, 0.717) is 11.5 Å². The predicted octanol–water partition coefficient (Wildman–Crippen LogP) is 6.48. The molecule has 2 aromatic heterocycles. The van der Waals surface area contributed by atoms with Crippen LogP contribution in [0.25, 0.3) is 33.1 Å². The van der Waals surface area contributed by atoms with Crippen molar-refractivity contribution in [2.24, 2.45) is 0 Å². The number of rotatable bonds is 6. The first kappa shape index (κ1) is 20.0. The third-order valence-corrected chi connectivity index (χ3v) is 5.14. The Morgan fingerprint density at radius 1 is 0.931 bits per heavy atom. The molecule has 4 aromatic rings. The Labute approximate surface area is 179 Å². The van der Waals surface area contributed by atoms with Crippen molar-refractivity contribution in [2.45, 2.75) is 59.8 Å². The van der Waals surface area contributed by atoms with E-state index in [-0.39, 0.29) is 12.2 Å². The molecule has 0 aliphatic heterocycles. The van der Waals surface area contributed by atoms with Gasteiger partial charge in [0.05, 0.1) is 28.8 Å². The zero-order valence-corrected chi connectivity index (χ0v) is 19.1. The minimum Gasteiger partial charge on any atom is -0.487 e. The van der Waals surface area contributed by atoms with Crippen molar-refractivity contribution in [3.05, 3.63) is 34.8 Å². The number of hydrogen-bond acceptors (Lipinski definition) is 4. The van der Waals surface area contributed by atoms with Gasteiger partial charge in [-0.15, -0.1) is 0 Å². The van der Waals surface area contributed by atoms with Crippen LogP contribution < -0.4 is 9.47 Å². The van der Waals surface area contributed by atoms with E-state index in [9.17, 15) is 0 Å². The van der Waals surface area contributed by atoms with Gasteiger partial charge in [0.1, 0.15) is 5.52 Å². The van der Waals surface area contributed by atoms with Crippen LogP contribution in [0.5, 0.6) is 11.5 Å². The lowest BCUT2D eigenvalue weighted by molar-refractivity contribution is 0.199. The monoisotopic (exact) mass is 455 g/mol. The quantitative estimate of drug-likeness (QED) is 0.333. The van der Waals surface area contributed by atoms with Crippen LogP contribution in [0.3, 0.4) is 0 Å². The van der Waals surface area contributed by atoms with Gasteiger partial charge in [-0.1, -0.05) is 22.9 Å². The SMILES string of the molecule is CCCn1c2ccc(Br)cc2c2nc3cc(OC(C)C)c(OC(C)C)cc3nc21. The van der Waals surface area contributed by atoms with Gasteiger partial charge in [0, 0.05) is 28.5 Å². The molecular weight excluding hydrogens is 430 g/mol. The number of aryl methyl sites for hydroxylation is 1. The molecule has 0 N–H and O–H groups in total. The summed E-state index contributed by atoms with van der Waals surface area (Å²) in [5, 5.41) is 1.10. The first-order valence-electron chi connectivity index (χ1n) is 10.1. The van der Waals surface area contributed by atoms with Crippen molar-refractivity contribution in [1.82, 2.24) is 14.5 Å². The van der Waals surface area contributed by atoms with Crippen LogP contribution in [0, 0.1) is 0 Å². The molecule has 0 amide bonds. The standard InChI is InChI=1S/C23H26BrN3O2/c1-6-9-27-19-8-7-15(24)10-16(19)22-23(27)26-18-12-21(29-14(4)5)20(28-13(2)3)11-17(18)25-22/h7-8,10-14H,6,9H2,1-5H3. The summed E-state index contributed by atoms with van der Waals surface area (Å²) in [6.45, 7) is 11.1. The molecule has 6 heteroatoms. The maximum atomic E-state index is 6.01. The van der Waals surface area contributed by atoms with E-state index in [1.165, 1.54) is 0 Å². The molecule has 0 aliphatic carbocycles. The van der Waals surface area contributed by atoms with Gasteiger partial charge in [-0.3, -0.25) is 0 Å². The second-order valence-corrected chi connectivity index (χ2v) is 8.75. The lowest BCUT2D eigenvalue weighted by Gasteiger charge is -2.17. The van der Waals surface area contributed by atoms with Crippen LogP contribution >= 0.6 is 15.9 Å². The molecular formula is C23H26BrN3O2. The van der Waals surface area contributed by atoms with Crippen LogP contribution in [0.4, 0.5) is 0 Å². The highest BCUT2D eigenvalue weighted by atomic mass is 79.9. The summed E-state index contributed by atoms with van der Waals surface area (Å²) in [6.07, 6.45) is 1.11. The van der Waals surface area contributed by atoms with Gasteiger partial charge < -0.3 is 14.0 Å². The van der Waals surface area contributed by atoms with Crippen LogP contribution in [0.15, 0.2) is 34.8 Å². The fourth-order valence-corrected chi connectivity index (χ4v) is 3.97. The summed E-state index contributed by atoms with van der Waals surface area (Å²) in [5.74, 6) is 1.41. The Hall–Kier alpha value is -2.34. The lowest BCUT2D eigenvalue weighted by Crippen LogP contribution is -2.11. The molecule has 5 nitrogen and oxygen atoms in total. The number of nitrogens with zero attached hydrogens (tertiary/aromatic N) is 3. The summed E-state index contributed by atoms with van der Waals surface area (Å²) in [6, 6.07) is 10.2. The number of ether oxygens (including phenoxy) is 2. The molecule has 29 heavy (non-hydrogen) atoms. The average molecular weight is 456 g/mol. The number of halogens is 1. The molecule has 4 rings (SSSR count). The van der Waals surface area contributed by atoms with Gasteiger partial charge in [-0.05, 0) is 52.3 Å². The van der Waals surface area contributed by atoms with Crippen LogP contribution in [0.1, 0.15) is 41.0 Å². The fourth-order valence-electron chi connectivity index (χ4n) is 3.61. The van der Waals surface area contributed by atoms with E-state index in [1.807, 2.05) is 39.8 Å². The van der Waals surface area contributed by atoms with Gasteiger partial charge in [0.25, 0.3) is 0 Å². The van der Waals surface area contributed by atoms with Crippen LogP contribution in [0.2, 0.25) is 0 Å². The summed E-state index contributed by atoms with van der Waals surface area (Å²) < 4.78 is 15.3. The third kappa shape index (κ3) is 3.78. The summed E-state index contributed by atoms with van der Waals surface area (Å²) in [5.41, 5.74) is 4.58. The molecule has 2 heterocycles. The Balaban J connectivity index is 2.03. The molecule has 0 spiro atoms. The van der Waals surface area contributed by atoms with E-state index in [2.05, 4.69) is 45.6 Å². The first-order valence-corrected chi connectivity index (χ1v) is 10.9. The van der Waals surface area contributed by atoms with Crippen molar-refractivity contribution in [2.75, 3.05) is 0 Å². The van der Waals surface area contributed by atoms with Gasteiger partial charge in [0.15, 0.2) is 17.1 Å². The second kappa shape index (κ2) is 7.82. The van der Waals surface area contributed by atoms with E-state index in [1.54, 1.807) is 0 Å². The zero-order valence-electron chi connectivity index (χ0n) is 17.5. The van der Waals surface area contributed by atoms with Crippen molar-refractivity contribution < 1.29 is 9.47 Å². The van der Waals surface area contributed by atoms with Crippen LogP contribution in [-0.4, -0.2) is 26.7 Å². The van der Waals surface area contributed by atoms with Crippen molar-refractivity contribution >= 4 is 49.0 Å². The molecule has 0 aliphatic rings. The van der Waals surface area contributed by atoms with Crippen molar-refractivity contribution in [1.29, 1.82) is 0 Å². The smallest absolute Gasteiger partial charge is 0.163 e. The predicted molar refractivity (Wildman–Crippen MR) is 122 cm³/mol. The maximum Gasteiger partial charge on any atom is 0.163 e. The topological polar surface area (TPSA) is 49.2 Å². The van der Waals surface area contributed by atoms with E-state index < -0.39 is 0 Å². The fraction of sp³-hybridized carbons (Fsp3) is 0.391. The van der Waals surface area contributed by atoms with E-state index >= 15 is 0 Å². The third-order valence-electron chi connectivity index (χ3n) is 4.64. The molecule has 2 aromatic carbocycles. The Morgan fingerprint density at radius 2 is 1.55 bits per heavy atom. The molecule has 0 unspecified atom stereocenters. The largest absolute Gasteiger partial charge is 0.487 e. The number of benzene rings is 2. The summed E-state index contributed by atoms with van der Waals surface area (Å²) in [4.78, 5) is 10.00. The number of hydrogen-bond donors (Lipinski definition) is 0. The molecule has 0 radical (unpaired) electrons. The number of aromatic nitrogens is 3. The van der Waals surface area contributed by atoms with E-state index in [4.69, 9.17) is 19.4 Å². The molecule has 0 saturated carbocycles. The zero-order chi connectivity index (χ0) is 20.7. The molecule has 0 saturated heterocycles.